The summed E-state index contributed by atoms with van der Waals surface area (Å²) < 4.78 is 52.8. The van der Waals surface area contributed by atoms with Crippen LogP contribution in [0.2, 0.25) is 0 Å². The van der Waals surface area contributed by atoms with E-state index >= 15 is 0 Å². The lowest BCUT2D eigenvalue weighted by atomic mass is 10.00. The lowest BCUT2D eigenvalue weighted by Crippen LogP contribution is -2.39. The number of hydrogen-bond acceptors (Lipinski definition) is 3. The standard InChI is InChI=1S/C19H20F2N2O3S/c1-27(25,26)23(19-16(20)7-4-8-17(19)21)12-10-18(24)22-11-9-14-5-2-3-6-15(14)13-22/h2-8H,9-13H2,1H3. The van der Waals surface area contributed by atoms with Crippen molar-refractivity contribution in [1.29, 1.82) is 0 Å². The molecule has 1 amide bonds. The Kier molecular flexibility index (Phi) is 5.46. The van der Waals surface area contributed by atoms with E-state index in [4.69, 9.17) is 0 Å². The highest BCUT2D eigenvalue weighted by molar-refractivity contribution is 7.92. The van der Waals surface area contributed by atoms with Crippen LogP contribution in [0.3, 0.4) is 0 Å². The van der Waals surface area contributed by atoms with Gasteiger partial charge in [-0.15, -0.1) is 0 Å². The van der Waals surface area contributed by atoms with Crippen molar-refractivity contribution in [2.45, 2.75) is 19.4 Å². The van der Waals surface area contributed by atoms with Crippen LogP contribution in [0.15, 0.2) is 42.5 Å². The molecule has 0 saturated carbocycles. The second-order valence-corrected chi connectivity index (χ2v) is 8.40. The van der Waals surface area contributed by atoms with Gasteiger partial charge in [-0.3, -0.25) is 9.10 Å². The van der Waals surface area contributed by atoms with Crippen LogP contribution in [0.25, 0.3) is 0 Å². The third-order valence-corrected chi connectivity index (χ3v) is 5.77. The van der Waals surface area contributed by atoms with E-state index in [2.05, 4.69) is 0 Å². The van der Waals surface area contributed by atoms with Crippen molar-refractivity contribution in [3.63, 3.8) is 0 Å². The van der Waals surface area contributed by atoms with Crippen molar-refractivity contribution in [1.82, 2.24) is 4.90 Å². The second kappa shape index (κ2) is 7.64. The van der Waals surface area contributed by atoms with Crippen molar-refractivity contribution in [3.8, 4) is 0 Å². The Bertz CT molecular complexity index is 943. The van der Waals surface area contributed by atoms with Gasteiger partial charge in [-0.2, -0.15) is 0 Å². The van der Waals surface area contributed by atoms with Crippen molar-refractivity contribution >= 4 is 21.6 Å². The van der Waals surface area contributed by atoms with Gasteiger partial charge in [0.25, 0.3) is 0 Å². The zero-order chi connectivity index (χ0) is 19.6. The number of benzene rings is 2. The third kappa shape index (κ3) is 4.27. The molecule has 8 heteroatoms. The molecule has 0 radical (unpaired) electrons. The second-order valence-electron chi connectivity index (χ2n) is 6.49. The molecular formula is C19H20F2N2O3S. The predicted octanol–water partition coefficient (Wildman–Crippen LogP) is 2.71. The number of amides is 1. The van der Waals surface area contributed by atoms with Gasteiger partial charge in [0.1, 0.15) is 5.69 Å². The molecule has 5 nitrogen and oxygen atoms in total. The number of carbonyl (C=O) groups excluding carboxylic acids is 1. The largest absolute Gasteiger partial charge is 0.338 e. The van der Waals surface area contributed by atoms with Gasteiger partial charge >= 0.3 is 0 Å². The molecule has 3 rings (SSSR count). The zero-order valence-electron chi connectivity index (χ0n) is 14.9. The maximum Gasteiger partial charge on any atom is 0.232 e. The van der Waals surface area contributed by atoms with Crippen LogP contribution < -0.4 is 4.31 Å². The number of anilines is 1. The first-order chi connectivity index (χ1) is 12.8. The SMILES string of the molecule is CS(=O)(=O)N(CCC(=O)N1CCc2ccccc2C1)c1c(F)cccc1F. The summed E-state index contributed by atoms with van der Waals surface area (Å²) in [4.78, 5) is 14.2. The summed E-state index contributed by atoms with van der Waals surface area (Å²) in [5.74, 6) is -2.23. The summed E-state index contributed by atoms with van der Waals surface area (Å²) in [6, 6.07) is 10.9. The van der Waals surface area contributed by atoms with Crippen LogP contribution in [0.4, 0.5) is 14.5 Å². The Hall–Kier alpha value is -2.48. The van der Waals surface area contributed by atoms with Gasteiger partial charge in [-0.05, 0) is 29.7 Å². The lowest BCUT2D eigenvalue weighted by Gasteiger charge is -2.30. The average molecular weight is 394 g/mol. The van der Waals surface area contributed by atoms with Gasteiger partial charge in [-0.1, -0.05) is 30.3 Å². The third-order valence-electron chi connectivity index (χ3n) is 4.60. The fourth-order valence-electron chi connectivity index (χ4n) is 3.23. The number of para-hydroxylation sites is 1. The Morgan fingerprint density at radius 1 is 1.07 bits per heavy atom. The number of sulfonamides is 1. The van der Waals surface area contributed by atoms with Gasteiger partial charge < -0.3 is 4.90 Å². The molecule has 0 fully saturated rings. The molecule has 144 valence electrons. The average Bonchev–Trinajstić information content (AvgIpc) is 2.62. The van der Waals surface area contributed by atoms with Crippen molar-refractivity contribution in [2.75, 3.05) is 23.7 Å². The summed E-state index contributed by atoms with van der Waals surface area (Å²) in [6.07, 6.45) is 1.42. The molecule has 0 saturated heterocycles. The number of nitrogens with zero attached hydrogens (tertiary/aromatic N) is 2. The molecule has 0 bridgehead atoms. The molecule has 0 unspecified atom stereocenters. The Balaban J connectivity index is 1.74. The van der Waals surface area contributed by atoms with Crippen LogP contribution in [0.1, 0.15) is 17.5 Å². The van der Waals surface area contributed by atoms with E-state index in [1.807, 2.05) is 24.3 Å². The molecule has 2 aromatic rings. The number of fused-ring (bicyclic) bond motifs is 1. The molecule has 2 aromatic carbocycles. The fraction of sp³-hybridized carbons (Fsp3) is 0.316. The Labute approximate surface area is 157 Å². The molecule has 0 aliphatic carbocycles. The minimum Gasteiger partial charge on any atom is -0.338 e. The number of halogens is 2. The first kappa shape index (κ1) is 19.3. The van der Waals surface area contributed by atoms with E-state index in [0.717, 1.165) is 36.4 Å². The summed E-state index contributed by atoms with van der Waals surface area (Å²) >= 11 is 0. The van der Waals surface area contributed by atoms with Gasteiger partial charge in [0.15, 0.2) is 11.6 Å². The quantitative estimate of drug-likeness (QED) is 0.784. The van der Waals surface area contributed by atoms with Crippen LogP contribution in [-0.4, -0.2) is 38.6 Å². The van der Waals surface area contributed by atoms with Crippen molar-refractivity contribution in [2.24, 2.45) is 0 Å². The summed E-state index contributed by atoms with van der Waals surface area (Å²) in [7, 11) is -3.96. The van der Waals surface area contributed by atoms with Crippen LogP contribution in [0.5, 0.6) is 0 Å². The highest BCUT2D eigenvalue weighted by Gasteiger charge is 2.27. The van der Waals surface area contributed by atoms with Crippen molar-refractivity contribution < 1.29 is 22.0 Å². The molecule has 0 aromatic heterocycles. The molecule has 0 atom stereocenters. The zero-order valence-corrected chi connectivity index (χ0v) is 15.7. The van der Waals surface area contributed by atoms with Crippen LogP contribution in [-0.2, 0) is 27.8 Å². The monoisotopic (exact) mass is 394 g/mol. The number of carbonyl (C=O) groups is 1. The summed E-state index contributed by atoms with van der Waals surface area (Å²) in [5, 5.41) is 0. The van der Waals surface area contributed by atoms with Crippen molar-refractivity contribution in [3.05, 3.63) is 65.2 Å². The normalized spacial score (nSPS) is 14.0. The first-order valence-electron chi connectivity index (χ1n) is 8.53. The van der Waals surface area contributed by atoms with Gasteiger partial charge in [-0.25, -0.2) is 17.2 Å². The minimum absolute atomic E-state index is 0.164. The van der Waals surface area contributed by atoms with E-state index in [9.17, 15) is 22.0 Å². The Morgan fingerprint density at radius 3 is 2.33 bits per heavy atom. The Morgan fingerprint density at radius 2 is 1.70 bits per heavy atom. The summed E-state index contributed by atoms with van der Waals surface area (Å²) in [5.41, 5.74) is 1.58. The maximum absolute atomic E-state index is 14.0. The van der Waals surface area contributed by atoms with Gasteiger partial charge in [0.05, 0.1) is 6.26 Å². The van der Waals surface area contributed by atoms with E-state index in [1.54, 1.807) is 4.90 Å². The topological polar surface area (TPSA) is 57.7 Å². The molecule has 1 heterocycles. The number of rotatable bonds is 5. The van der Waals surface area contributed by atoms with E-state index in [1.165, 1.54) is 5.56 Å². The first-order valence-corrected chi connectivity index (χ1v) is 10.4. The van der Waals surface area contributed by atoms with Crippen LogP contribution in [0, 0.1) is 11.6 Å². The highest BCUT2D eigenvalue weighted by atomic mass is 32.2. The predicted molar refractivity (Wildman–Crippen MR) is 98.7 cm³/mol. The van der Waals surface area contributed by atoms with E-state index in [0.29, 0.717) is 17.4 Å². The molecular weight excluding hydrogens is 374 g/mol. The highest BCUT2D eigenvalue weighted by Crippen LogP contribution is 2.26. The molecule has 0 spiro atoms. The van der Waals surface area contributed by atoms with Gasteiger partial charge in [0.2, 0.25) is 15.9 Å². The van der Waals surface area contributed by atoms with Gasteiger partial charge in [0, 0.05) is 26.1 Å². The molecule has 1 aliphatic rings. The molecule has 0 N–H and O–H groups in total. The number of hydrogen-bond donors (Lipinski definition) is 0. The fourth-order valence-corrected chi connectivity index (χ4v) is 4.16. The lowest BCUT2D eigenvalue weighted by molar-refractivity contribution is -0.131. The molecule has 27 heavy (non-hydrogen) atoms. The minimum atomic E-state index is -3.96. The van der Waals surface area contributed by atoms with E-state index < -0.39 is 27.3 Å². The summed E-state index contributed by atoms with van der Waals surface area (Å²) in [6.45, 7) is 0.651. The smallest absolute Gasteiger partial charge is 0.232 e. The maximum atomic E-state index is 14.0. The molecule has 1 aliphatic heterocycles. The van der Waals surface area contributed by atoms with Crippen LogP contribution >= 0.6 is 0 Å². The van der Waals surface area contributed by atoms with E-state index in [-0.39, 0.29) is 18.9 Å².